The van der Waals surface area contributed by atoms with Crippen LogP contribution in [-0.4, -0.2) is 10.9 Å². The standard InChI is InChI=1S/C12H8F2N2O2/c13-7-4-8(14)6-9(5-7)16-12(18)10-2-1-3-15-11(10)17/h1-6H,(H,15,17)(H,16,18). The summed E-state index contributed by atoms with van der Waals surface area (Å²) in [5.74, 6) is -2.36. The SMILES string of the molecule is O=C(Nc1cc(F)cc(F)c1)c1ccc[nH]c1=O. The molecule has 0 bridgehead atoms. The molecule has 0 saturated heterocycles. The molecule has 92 valence electrons. The molecule has 1 aromatic heterocycles. The zero-order valence-electron chi connectivity index (χ0n) is 9.04. The Hall–Kier alpha value is -2.50. The maximum absolute atomic E-state index is 12.9. The van der Waals surface area contributed by atoms with Crippen LogP contribution in [-0.2, 0) is 0 Å². The number of amides is 1. The summed E-state index contributed by atoms with van der Waals surface area (Å²) in [4.78, 5) is 25.3. The van der Waals surface area contributed by atoms with Gasteiger partial charge in [-0.3, -0.25) is 9.59 Å². The van der Waals surface area contributed by atoms with Crippen molar-refractivity contribution >= 4 is 11.6 Å². The summed E-state index contributed by atoms with van der Waals surface area (Å²) in [5.41, 5.74) is -0.769. The number of hydrogen-bond acceptors (Lipinski definition) is 2. The second-order valence-electron chi connectivity index (χ2n) is 3.53. The van der Waals surface area contributed by atoms with Gasteiger partial charge >= 0.3 is 0 Å². The Morgan fingerprint density at radius 2 is 1.83 bits per heavy atom. The average molecular weight is 250 g/mol. The molecule has 4 nitrogen and oxygen atoms in total. The molecule has 6 heteroatoms. The van der Waals surface area contributed by atoms with Crippen LogP contribution in [0.5, 0.6) is 0 Å². The molecule has 0 aliphatic rings. The quantitative estimate of drug-likeness (QED) is 0.855. The molecule has 0 atom stereocenters. The van der Waals surface area contributed by atoms with E-state index in [1.165, 1.54) is 18.3 Å². The van der Waals surface area contributed by atoms with E-state index < -0.39 is 23.1 Å². The lowest BCUT2D eigenvalue weighted by molar-refractivity contribution is 0.102. The molecule has 1 amide bonds. The predicted molar refractivity (Wildman–Crippen MR) is 61.4 cm³/mol. The van der Waals surface area contributed by atoms with E-state index in [1.54, 1.807) is 0 Å². The van der Waals surface area contributed by atoms with Crippen LogP contribution in [0.2, 0.25) is 0 Å². The fourth-order valence-electron chi connectivity index (χ4n) is 1.42. The minimum absolute atomic E-state index is 0.0549. The van der Waals surface area contributed by atoms with Gasteiger partial charge in [0.25, 0.3) is 11.5 Å². The Labute approximate surface area is 100 Å². The number of aromatic amines is 1. The third-order valence-electron chi connectivity index (χ3n) is 2.18. The average Bonchev–Trinajstić information content (AvgIpc) is 2.27. The normalized spacial score (nSPS) is 10.1. The highest BCUT2D eigenvalue weighted by Crippen LogP contribution is 2.13. The van der Waals surface area contributed by atoms with Crippen molar-refractivity contribution in [2.75, 3.05) is 5.32 Å². The Bertz CT molecular complexity index is 632. The van der Waals surface area contributed by atoms with Gasteiger partial charge in [0.15, 0.2) is 0 Å². The van der Waals surface area contributed by atoms with Crippen molar-refractivity contribution < 1.29 is 13.6 Å². The van der Waals surface area contributed by atoms with Gasteiger partial charge in [-0.2, -0.15) is 0 Å². The number of carbonyl (C=O) groups is 1. The van der Waals surface area contributed by atoms with Gasteiger partial charge < -0.3 is 10.3 Å². The Balaban J connectivity index is 2.27. The van der Waals surface area contributed by atoms with E-state index in [9.17, 15) is 18.4 Å². The highest BCUT2D eigenvalue weighted by molar-refractivity contribution is 6.03. The van der Waals surface area contributed by atoms with Crippen molar-refractivity contribution in [3.8, 4) is 0 Å². The van der Waals surface area contributed by atoms with Gasteiger partial charge in [-0.15, -0.1) is 0 Å². The summed E-state index contributed by atoms with van der Waals surface area (Å²) in [6.07, 6.45) is 1.38. The predicted octanol–water partition coefficient (Wildman–Crippen LogP) is 1.91. The first-order valence-corrected chi connectivity index (χ1v) is 5.01. The number of nitrogens with one attached hydrogen (secondary N) is 2. The number of rotatable bonds is 2. The maximum atomic E-state index is 12.9. The Morgan fingerprint density at radius 3 is 2.44 bits per heavy atom. The topological polar surface area (TPSA) is 62.0 Å². The first-order valence-electron chi connectivity index (χ1n) is 5.01. The largest absolute Gasteiger partial charge is 0.328 e. The van der Waals surface area contributed by atoms with Gasteiger partial charge in [0, 0.05) is 18.0 Å². The molecule has 1 heterocycles. The first-order chi connectivity index (χ1) is 8.56. The molecule has 1 aromatic carbocycles. The molecule has 0 fully saturated rings. The second-order valence-corrected chi connectivity index (χ2v) is 3.53. The van der Waals surface area contributed by atoms with Gasteiger partial charge in [0.2, 0.25) is 0 Å². The van der Waals surface area contributed by atoms with Crippen LogP contribution in [0, 0.1) is 11.6 Å². The van der Waals surface area contributed by atoms with Crippen LogP contribution in [0.25, 0.3) is 0 Å². The van der Waals surface area contributed by atoms with E-state index in [-0.39, 0.29) is 11.3 Å². The molecule has 0 radical (unpaired) electrons. The number of pyridine rings is 1. The Kier molecular flexibility index (Phi) is 3.18. The van der Waals surface area contributed by atoms with E-state index in [2.05, 4.69) is 10.3 Å². The second kappa shape index (κ2) is 4.79. The van der Waals surface area contributed by atoms with Crippen LogP contribution < -0.4 is 10.9 Å². The molecule has 0 aliphatic heterocycles. The third-order valence-corrected chi connectivity index (χ3v) is 2.18. The lowest BCUT2D eigenvalue weighted by Crippen LogP contribution is -2.22. The van der Waals surface area contributed by atoms with E-state index in [4.69, 9.17) is 0 Å². The van der Waals surface area contributed by atoms with Crippen LogP contribution in [0.15, 0.2) is 41.3 Å². The first kappa shape index (κ1) is 12.0. The van der Waals surface area contributed by atoms with E-state index >= 15 is 0 Å². The summed E-state index contributed by atoms with van der Waals surface area (Å²) in [6.45, 7) is 0. The van der Waals surface area contributed by atoms with Crippen molar-refractivity contribution in [2.45, 2.75) is 0 Å². The Morgan fingerprint density at radius 1 is 1.17 bits per heavy atom. The van der Waals surface area contributed by atoms with Gasteiger partial charge in [-0.25, -0.2) is 8.78 Å². The molecular weight excluding hydrogens is 242 g/mol. The summed E-state index contributed by atoms with van der Waals surface area (Å²) in [6, 6.07) is 5.38. The minimum Gasteiger partial charge on any atom is -0.328 e. The third kappa shape index (κ3) is 2.60. The van der Waals surface area contributed by atoms with Crippen molar-refractivity contribution in [1.29, 1.82) is 0 Å². The van der Waals surface area contributed by atoms with Crippen molar-refractivity contribution in [3.63, 3.8) is 0 Å². The number of H-pyrrole nitrogens is 1. The monoisotopic (exact) mass is 250 g/mol. The molecule has 0 aliphatic carbocycles. The smallest absolute Gasteiger partial charge is 0.261 e. The molecule has 0 spiro atoms. The van der Waals surface area contributed by atoms with Gasteiger partial charge in [0.05, 0.1) is 0 Å². The van der Waals surface area contributed by atoms with E-state index in [1.807, 2.05) is 0 Å². The fraction of sp³-hybridized carbons (Fsp3) is 0. The molecule has 2 aromatic rings. The fourth-order valence-corrected chi connectivity index (χ4v) is 1.42. The number of benzene rings is 1. The van der Waals surface area contributed by atoms with E-state index in [0.29, 0.717) is 6.07 Å². The lowest BCUT2D eigenvalue weighted by Gasteiger charge is -2.04. The van der Waals surface area contributed by atoms with E-state index in [0.717, 1.165) is 12.1 Å². The molecular formula is C12H8F2N2O2. The van der Waals surface area contributed by atoms with Crippen molar-refractivity contribution in [2.24, 2.45) is 0 Å². The number of hydrogen-bond donors (Lipinski definition) is 2. The number of anilines is 1. The molecule has 18 heavy (non-hydrogen) atoms. The van der Waals surface area contributed by atoms with Gasteiger partial charge in [-0.1, -0.05) is 0 Å². The van der Waals surface area contributed by atoms with Crippen LogP contribution in [0.4, 0.5) is 14.5 Å². The summed E-state index contributed by atoms with van der Waals surface area (Å²) >= 11 is 0. The van der Waals surface area contributed by atoms with Crippen LogP contribution in [0.3, 0.4) is 0 Å². The zero-order chi connectivity index (χ0) is 13.1. The highest BCUT2D eigenvalue weighted by atomic mass is 19.1. The highest BCUT2D eigenvalue weighted by Gasteiger charge is 2.10. The van der Waals surface area contributed by atoms with Gasteiger partial charge in [0.1, 0.15) is 17.2 Å². The summed E-state index contributed by atoms with van der Waals surface area (Å²) < 4.78 is 25.8. The summed E-state index contributed by atoms with van der Waals surface area (Å²) in [7, 11) is 0. The molecule has 0 saturated carbocycles. The molecule has 0 unspecified atom stereocenters. The lowest BCUT2D eigenvalue weighted by atomic mass is 10.2. The number of halogens is 2. The number of aromatic nitrogens is 1. The minimum atomic E-state index is -0.813. The van der Waals surface area contributed by atoms with Crippen LogP contribution >= 0.6 is 0 Å². The zero-order valence-corrected chi connectivity index (χ0v) is 9.04. The molecule has 2 N–H and O–H groups in total. The number of carbonyl (C=O) groups excluding carboxylic acids is 1. The maximum Gasteiger partial charge on any atom is 0.261 e. The van der Waals surface area contributed by atoms with Gasteiger partial charge in [-0.05, 0) is 24.3 Å². The molecule has 2 rings (SSSR count). The van der Waals surface area contributed by atoms with Crippen LogP contribution in [0.1, 0.15) is 10.4 Å². The van der Waals surface area contributed by atoms with Crippen molar-refractivity contribution in [3.05, 3.63) is 64.1 Å². The van der Waals surface area contributed by atoms with Crippen molar-refractivity contribution in [1.82, 2.24) is 4.98 Å². The summed E-state index contributed by atoms with van der Waals surface area (Å²) in [5, 5.41) is 2.24.